The highest BCUT2D eigenvalue weighted by atomic mass is 19.1. The molecule has 1 atom stereocenters. The van der Waals surface area contributed by atoms with E-state index in [0.717, 1.165) is 9.25 Å². The number of methoxy groups -OCH3 is 2. The van der Waals surface area contributed by atoms with Gasteiger partial charge in [-0.25, -0.2) is 9.18 Å². The maximum atomic E-state index is 13.9. The summed E-state index contributed by atoms with van der Waals surface area (Å²) in [7, 11) is 2.88. The molecule has 1 saturated heterocycles. The molecule has 3 aromatic rings. The number of amides is 1. The molecule has 0 radical (unpaired) electrons. The number of piperidine rings is 1. The molecule has 1 aromatic heterocycles. The summed E-state index contributed by atoms with van der Waals surface area (Å²) >= 11 is 0. The Labute approximate surface area is 223 Å². The Balaban J connectivity index is 1.83. The van der Waals surface area contributed by atoms with Crippen molar-refractivity contribution in [1.82, 2.24) is 19.2 Å². The van der Waals surface area contributed by atoms with Gasteiger partial charge in [-0.2, -0.15) is 9.78 Å². The van der Waals surface area contributed by atoms with E-state index in [9.17, 15) is 23.6 Å². The summed E-state index contributed by atoms with van der Waals surface area (Å²) in [6, 6.07) is 10.0. The maximum absolute atomic E-state index is 13.9. The Morgan fingerprint density at radius 2 is 1.85 bits per heavy atom. The third kappa shape index (κ3) is 5.84. The number of rotatable bonds is 8. The largest absolute Gasteiger partial charge is 0.493 e. The van der Waals surface area contributed by atoms with Crippen molar-refractivity contribution in [2.45, 2.75) is 26.3 Å². The summed E-state index contributed by atoms with van der Waals surface area (Å²) in [4.78, 5) is 54.3. The van der Waals surface area contributed by atoms with Crippen LogP contribution in [0.25, 0.3) is 5.69 Å². The van der Waals surface area contributed by atoms with Crippen molar-refractivity contribution in [2.24, 2.45) is 5.92 Å². The van der Waals surface area contributed by atoms with Crippen LogP contribution >= 0.6 is 0 Å². The molecular weight excluding hydrogens is 511 g/mol. The predicted molar refractivity (Wildman–Crippen MR) is 138 cm³/mol. The number of aromatic nitrogens is 3. The molecule has 1 unspecified atom stereocenters. The van der Waals surface area contributed by atoms with Gasteiger partial charge in [0, 0.05) is 19.2 Å². The molecule has 0 bridgehead atoms. The number of hydrogen-bond acceptors (Lipinski definition) is 8. The Hall–Kier alpha value is -4.48. The van der Waals surface area contributed by atoms with Gasteiger partial charge in [-0.05, 0) is 49.6 Å². The number of ether oxygens (including phenoxy) is 3. The van der Waals surface area contributed by atoms with E-state index in [1.165, 1.54) is 49.5 Å². The van der Waals surface area contributed by atoms with Crippen LogP contribution in [0.1, 0.15) is 35.8 Å². The van der Waals surface area contributed by atoms with E-state index in [4.69, 9.17) is 14.2 Å². The van der Waals surface area contributed by atoms with Gasteiger partial charge in [0.2, 0.25) is 5.69 Å². The molecule has 12 heteroatoms. The first-order valence-corrected chi connectivity index (χ1v) is 12.4. The van der Waals surface area contributed by atoms with Gasteiger partial charge >= 0.3 is 11.7 Å². The van der Waals surface area contributed by atoms with Gasteiger partial charge in [-0.15, -0.1) is 0 Å². The zero-order chi connectivity index (χ0) is 28.1. The molecule has 206 valence electrons. The van der Waals surface area contributed by atoms with E-state index < -0.39 is 40.6 Å². The number of esters is 1. The average molecular weight is 541 g/mol. The van der Waals surface area contributed by atoms with E-state index in [2.05, 4.69) is 5.10 Å². The highest BCUT2D eigenvalue weighted by Gasteiger charge is 2.32. The summed E-state index contributed by atoms with van der Waals surface area (Å²) in [5.74, 6) is -1.51. The number of carbonyl (C=O) groups is 2. The third-order valence-corrected chi connectivity index (χ3v) is 6.43. The molecule has 0 spiro atoms. The second-order valence-corrected chi connectivity index (χ2v) is 8.95. The standard InChI is InChI=1S/C27H29FN4O7/c1-4-39-26(35)18-8-6-12-30(16-18)24(33)23-25(34)31(15-17-7-5-9-19(28)13-17)27(36)32(29-23)20-10-11-21(37-2)22(14-20)38-3/h5,7,9-11,13-14,18H,4,6,8,12,15-16H2,1-3H3. The minimum atomic E-state index is -0.927. The Morgan fingerprint density at radius 1 is 1.08 bits per heavy atom. The molecule has 1 amide bonds. The molecule has 4 rings (SSSR count). The van der Waals surface area contributed by atoms with Gasteiger partial charge < -0.3 is 19.1 Å². The lowest BCUT2D eigenvalue weighted by Crippen LogP contribution is -2.49. The Bertz CT molecular complexity index is 1500. The van der Waals surface area contributed by atoms with Crippen LogP contribution in [0.15, 0.2) is 52.1 Å². The molecule has 0 saturated carbocycles. The average Bonchev–Trinajstić information content (AvgIpc) is 2.95. The van der Waals surface area contributed by atoms with Crippen molar-refractivity contribution in [3.63, 3.8) is 0 Å². The lowest BCUT2D eigenvalue weighted by atomic mass is 9.98. The summed E-state index contributed by atoms with van der Waals surface area (Å²) in [5, 5.41) is 4.17. The van der Waals surface area contributed by atoms with E-state index >= 15 is 0 Å². The first-order valence-electron chi connectivity index (χ1n) is 12.4. The Kier molecular flexibility index (Phi) is 8.43. The normalized spacial score (nSPS) is 15.1. The molecule has 11 nitrogen and oxygen atoms in total. The van der Waals surface area contributed by atoms with Gasteiger partial charge in [-0.3, -0.25) is 19.0 Å². The van der Waals surface area contributed by atoms with Crippen molar-refractivity contribution in [3.05, 3.63) is 80.4 Å². The number of benzene rings is 2. The zero-order valence-electron chi connectivity index (χ0n) is 21.9. The SMILES string of the molecule is CCOC(=O)C1CCCN(C(=O)c2nn(-c3ccc(OC)c(OC)c3)c(=O)n(Cc3cccc(F)c3)c2=O)C1. The highest BCUT2D eigenvalue weighted by Crippen LogP contribution is 2.28. The van der Waals surface area contributed by atoms with Crippen molar-refractivity contribution < 1.29 is 28.2 Å². The van der Waals surface area contributed by atoms with Crippen LogP contribution in [0.3, 0.4) is 0 Å². The Morgan fingerprint density at radius 3 is 2.54 bits per heavy atom. The number of hydrogen-bond donors (Lipinski definition) is 0. The predicted octanol–water partition coefficient (Wildman–Crippen LogP) is 2.01. The number of carbonyl (C=O) groups excluding carboxylic acids is 2. The number of halogens is 1. The molecule has 2 aromatic carbocycles. The van der Waals surface area contributed by atoms with Gasteiger partial charge in [0.15, 0.2) is 11.5 Å². The van der Waals surface area contributed by atoms with Crippen LogP contribution in [0.2, 0.25) is 0 Å². The van der Waals surface area contributed by atoms with E-state index in [0.29, 0.717) is 36.4 Å². The second kappa shape index (κ2) is 11.9. The smallest absolute Gasteiger partial charge is 0.352 e. The van der Waals surface area contributed by atoms with Gasteiger partial charge in [0.05, 0.1) is 39.0 Å². The van der Waals surface area contributed by atoms with Crippen molar-refractivity contribution >= 4 is 11.9 Å². The molecular formula is C27H29FN4O7. The molecule has 2 heterocycles. The molecule has 1 aliphatic rings. The third-order valence-electron chi connectivity index (χ3n) is 6.43. The maximum Gasteiger partial charge on any atom is 0.352 e. The summed E-state index contributed by atoms with van der Waals surface area (Å²) < 4.78 is 31.3. The summed E-state index contributed by atoms with van der Waals surface area (Å²) in [6.07, 6.45) is 1.08. The molecule has 1 fully saturated rings. The quantitative estimate of drug-likeness (QED) is 0.398. The van der Waals surface area contributed by atoms with Crippen LogP contribution in [0.4, 0.5) is 4.39 Å². The van der Waals surface area contributed by atoms with Crippen molar-refractivity contribution in [1.29, 1.82) is 0 Å². The number of nitrogens with zero attached hydrogens (tertiary/aromatic N) is 4. The van der Waals surface area contributed by atoms with Crippen LogP contribution in [-0.4, -0.2) is 65.0 Å². The van der Waals surface area contributed by atoms with Crippen molar-refractivity contribution in [2.75, 3.05) is 33.9 Å². The van der Waals surface area contributed by atoms with E-state index in [-0.39, 0.29) is 25.4 Å². The van der Waals surface area contributed by atoms with Gasteiger partial charge in [-0.1, -0.05) is 12.1 Å². The molecule has 39 heavy (non-hydrogen) atoms. The van der Waals surface area contributed by atoms with E-state index in [1.807, 2.05) is 0 Å². The highest BCUT2D eigenvalue weighted by molar-refractivity contribution is 5.92. The van der Waals surface area contributed by atoms with Crippen LogP contribution < -0.4 is 20.7 Å². The topological polar surface area (TPSA) is 122 Å². The van der Waals surface area contributed by atoms with E-state index in [1.54, 1.807) is 19.1 Å². The molecule has 0 N–H and O–H groups in total. The monoisotopic (exact) mass is 540 g/mol. The number of likely N-dealkylation sites (tertiary alicyclic amines) is 1. The fourth-order valence-electron chi connectivity index (χ4n) is 4.49. The van der Waals surface area contributed by atoms with Crippen LogP contribution in [0.5, 0.6) is 11.5 Å². The lowest BCUT2D eigenvalue weighted by Gasteiger charge is -2.31. The second-order valence-electron chi connectivity index (χ2n) is 8.95. The van der Waals surface area contributed by atoms with Crippen LogP contribution in [-0.2, 0) is 16.1 Å². The minimum absolute atomic E-state index is 0.0537. The molecule has 1 aliphatic heterocycles. The fraction of sp³-hybridized carbons (Fsp3) is 0.370. The fourth-order valence-corrected chi connectivity index (χ4v) is 4.49. The summed E-state index contributed by atoms with van der Waals surface area (Å²) in [6.45, 7) is 1.97. The van der Waals surface area contributed by atoms with Gasteiger partial charge in [0.1, 0.15) is 5.82 Å². The summed E-state index contributed by atoms with van der Waals surface area (Å²) in [5.41, 5.74) is -1.72. The lowest BCUT2D eigenvalue weighted by molar-refractivity contribution is -0.149. The zero-order valence-corrected chi connectivity index (χ0v) is 21.9. The van der Waals surface area contributed by atoms with Crippen LogP contribution in [0, 0.1) is 11.7 Å². The minimum Gasteiger partial charge on any atom is -0.493 e. The first-order chi connectivity index (χ1) is 18.8. The first kappa shape index (κ1) is 27.6. The molecule has 0 aliphatic carbocycles. The van der Waals surface area contributed by atoms with Crippen molar-refractivity contribution in [3.8, 4) is 17.2 Å². The van der Waals surface area contributed by atoms with Gasteiger partial charge in [0.25, 0.3) is 11.5 Å².